The molecule has 23 heavy (non-hydrogen) atoms. The maximum Gasteiger partial charge on any atom is 0.242 e. The molecule has 0 saturated carbocycles. The van der Waals surface area contributed by atoms with Crippen molar-refractivity contribution in [2.75, 3.05) is 5.32 Å². The first-order valence-electron chi connectivity index (χ1n) is 7.36. The lowest BCUT2D eigenvalue weighted by Gasteiger charge is -2.13. The minimum atomic E-state index is -0.300. The number of halogens is 2. The van der Waals surface area contributed by atoms with E-state index in [1.54, 1.807) is 6.07 Å². The van der Waals surface area contributed by atoms with Gasteiger partial charge in [-0.3, -0.25) is 4.79 Å². The fourth-order valence-corrected chi connectivity index (χ4v) is 2.98. The molecule has 0 radical (unpaired) electrons. The van der Waals surface area contributed by atoms with Crippen molar-refractivity contribution in [3.05, 3.63) is 63.6 Å². The first-order valence-corrected chi connectivity index (χ1v) is 8.12. The van der Waals surface area contributed by atoms with Gasteiger partial charge in [0, 0.05) is 21.8 Å². The highest BCUT2D eigenvalue weighted by atomic mass is 35.5. The van der Waals surface area contributed by atoms with E-state index in [-0.39, 0.29) is 18.0 Å². The Bertz CT molecular complexity index is 718. The van der Waals surface area contributed by atoms with Gasteiger partial charge in [-0.1, -0.05) is 35.3 Å². The zero-order chi connectivity index (χ0) is 16.4. The number of rotatable bonds is 3. The Balaban J connectivity index is 1.64. The van der Waals surface area contributed by atoms with Crippen molar-refractivity contribution >= 4 is 34.8 Å². The number of amides is 1. The van der Waals surface area contributed by atoms with Gasteiger partial charge in [-0.05, 0) is 54.8 Å². The number of anilines is 1. The quantitative estimate of drug-likeness (QED) is 0.788. The van der Waals surface area contributed by atoms with Gasteiger partial charge in [0.2, 0.25) is 5.91 Å². The summed E-state index contributed by atoms with van der Waals surface area (Å²) in [6, 6.07) is 12.8. The molecule has 0 spiro atoms. The molecule has 120 valence electrons. The molecule has 1 aliphatic rings. The third kappa shape index (κ3) is 3.85. The molecule has 0 bridgehead atoms. The van der Waals surface area contributed by atoms with Crippen LogP contribution in [0, 0.1) is 6.92 Å². The van der Waals surface area contributed by atoms with Crippen LogP contribution < -0.4 is 16.2 Å². The summed E-state index contributed by atoms with van der Waals surface area (Å²) in [7, 11) is 0. The van der Waals surface area contributed by atoms with Gasteiger partial charge in [-0.25, -0.2) is 10.9 Å². The Morgan fingerprint density at radius 1 is 1.09 bits per heavy atom. The highest BCUT2D eigenvalue weighted by Crippen LogP contribution is 2.25. The molecule has 2 unspecified atom stereocenters. The second kappa shape index (κ2) is 6.89. The van der Waals surface area contributed by atoms with E-state index in [0.717, 1.165) is 16.8 Å². The molecule has 1 fully saturated rings. The van der Waals surface area contributed by atoms with Gasteiger partial charge in [-0.15, -0.1) is 0 Å². The molecule has 3 rings (SSSR count). The Kier molecular flexibility index (Phi) is 4.87. The van der Waals surface area contributed by atoms with Crippen LogP contribution in [-0.2, 0) is 4.79 Å². The minimum absolute atomic E-state index is 0.0700. The molecule has 3 N–H and O–H groups in total. The van der Waals surface area contributed by atoms with Crippen LogP contribution in [0.2, 0.25) is 10.0 Å². The van der Waals surface area contributed by atoms with Crippen molar-refractivity contribution in [1.29, 1.82) is 0 Å². The van der Waals surface area contributed by atoms with Crippen molar-refractivity contribution in [3.8, 4) is 0 Å². The summed E-state index contributed by atoms with van der Waals surface area (Å²) in [6.45, 7) is 1.92. The summed E-state index contributed by atoms with van der Waals surface area (Å²) in [5.41, 5.74) is 9.01. The van der Waals surface area contributed by atoms with Crippen molar-refractivity contribution in [2.45, 2.75) is 25.4 Å². The smallest absolute Gasteiger partial charge is 0.242 e. The molecule has 2 atom stereocenters. The Morgan fingerprint density at radius 3 is 2.48 bits per heavy atom. The van der Waals surface area contributed by atoms with Gasteiger partial charge in [0.25, 0.3) is 0 Å². The van der Waals surface area contributed by atoms with Crippen molar-refractivity contribution < 1.29 is 4.79 Å². The van der Waals surface area contributed by atoms with Crippen LogP contribution in [0.3, 0.4) is 0 Å². The summed E-state index contributed by atoms with van der Waals surface area (Å²) in [6.07, 6.45) is 0.667. The Labute approximate surface area is 145 Å². The number of nitrogens with one attached hydrogen (secondary N) is 3. The average Bonchev–Trinajstić information content (AvgIpc) is 3.01. The summed E-state index contributed by atoms with van der Waals surface area (Å²) in [5.74, 6) is -0.0700. The second-order valence-corrected chi connectivity index (χ2v) is 6.50. The molecule has 0 aromatic heterocycles. The van der Waals surface area contributed by atoms with Gasteiger partial charge < -0.3 is 5.32 Å². The maximum absolute atomic E-state index is 12.4. The average molecular weight is 350 g/mol. The fourth-order valence-electron chi connectivity index (χ4n) is 2.63. The van der Waals surface area contributed by atoms with Gasteiger partial charge in [0.15, 0.2) is 0 Å². The van der Waals surface area contributed by atoms with Crippen LogP contribution in [0.5, 0.6) is 0 Å². The number of carbonyl (C=O) groups excluding carboxylic acids is 1. The van der Waals surface area contributed by atoms with E-state index >= 15 is 0 Å². The monoisotopic (exact) mass is 349 g/mol. The van der Waals surface area contributed by atoms with Gasteiger partial charge in [0.1, 0.15) is 6.04 Å². The summed E-state index contributed by atoms with van der Waals surface area (Å²) < 4.78 is 0. The normalized spacial score (nSPS) is 20.5. The molecule has 1 heterocycles. The van der Waals surface area contributed by atoms with E-state index in [1.807, 2.05) is 43.3 Å². The third-order valence-corrected chi connectivity index (χ3v) is 4.43. The number of hydrogen-bond donors (Lipinski definition) is 3. The fraction of sp³-hybridized carbons (Fsp3) is 0.235. The Morgan fingerprint density at radius 2 is 1.78 bits per heavy atom. The summed E-state index contributed by atoms with van der Waals surface area (Å²) in [4.78, 5) is 12.4. The van der Waals surface area contributed by atoms with E-state index in [0.29, 0.717) is 16.5 Å². The number of aryl methyl sites for hydroxylation is 1. The lowest BCUT2D eigenvalue weighted by molar-refractivity contribution is -0.117. The SMILES string of the molecule is Cc1cc(Cl)ccc1NC(=O)C1CC(c2ccc(Cl)cc2)NN1. The highest BCUT2D eigenvalue weighted by Gasteiger charge is 2.30. The van der Waals surface area contributed by atoms with Crippen LogP contribution in [0.15, 0.2) is 42.5 Å². The molecular weight excluding hydrogens is 333 g/mol. The predicted molar refractivity (Wildman–Crippen MR) is 93.7 cm³/mol. The zero-order valence-electron chi connectivity index (χ0n) is 12.6. The summed E-state index contributed by atoms with van der Waals surface area (Å²) >= 11 is 11.8. The zero-order valence-corrected chi connectivity index (χ0v) is 14.1. The molecule has 4 nitrogen and oxygen atoms in total. The molecular formula is C17H17Cl2N3O. The maximum atomic E-state index is 12.4. The molecule has 1 saturated heterocycles. The third-order valence-electron chi connectivity index (χ3n) is 3.94. The molecule has 2 aromatic rings. The van der Waals surface area contributed by atoms with Crippen LogP contribution in [0.25, 0.3) is 0 Å². The van der Waals surface area contributed by atoms with Crippen molar-refractivity contribution in [3.63, 3.8) is 0 Å². The predicted octanol–water partition coefficient (Wildman–Crippen LogP) is 3.85. The number of hydrogen-bond acceptors (Lipinski definition) is 3. The highest BCUT2D eigenvalue weighted by molar-refractivity contribution is 6.31. The van der Waals surface area contributed by atoms with E-state index in [4.69, 9.17) is 23.2 Å². The Hall–Kier alpha value is -1.59. The van der Waals surface area contributed by atoms with Crippen LogP contribution in [-0.4, -0.2) is 11.9 Å². The first-order chi connectivity index (χ1) is 11.0. The molecule has 0 aliphatic carbocycles. The number of benzene rings is 2. The molecule has 1 amide bonds. The molecule has 2 aromatic carbocycles. The van der Waals surface area contributed by atoms with Crippen LogP contribution >= 0.6 is 23.2 Å². The number of hydrazine groups is 1. The largest absolute Gasteiger partial charge is 0.324 e. The van der Waals surface area contributed by atoms with E-state index in [1.165, 1.54) is 0 Å². The van der Waals surface area contributed by atoms with E-state index in [9.17, 15) is 4.79 Å². The van der Waals surface area contributed by atoms with Gasteiger partial charge in [-0.2, -0.15) is 0 Å². The van der Waals surface area contributed by atoms with E-state index < -0.39 is 0 Å². The van der Waals surface area contributed by atoms with Crippen LogP contribution in [0.4, 0.5) is 5.69 Å². The van der Waals surface area contributed by atoms with Crippen molar-refractivity contribution in [1.82, 2.24) is 10.9 Å². The topological polar surface area (TPSA) is 53.2 Å². The van der Waals surface area contributed by atoms with Crippen LogP contribution in [0.1, 0.15) is 23.6 Å². The molecule has 1 aliphatic heterocycles. The second-order valence-electron chi connectivity index (χ2n) is 5.63. The first kappa shape index (κ1) is 16.3. The standard InChI is InChI=1S/C17H17Cl2N3O/c1-10-8-13(19)6-7-14(10)20-17(23)16-9-15(21-22-16)11-2-4-12(18)5-3-11/h2-8,15-16,21-22H,9H2,1H3,(H,20,23). The lowest BCUT2D eigenvalue weighted by atomic mass is 10.0. The van der Waals surface area contributed by atoms with Crippen molar-refractivity contribution in [2.24, 2.45) is 0 Å². The number of carbonyl (C=O) groups is 1. The summed E-state index contributed by atoms with van der Waals surface area (Å²) in [5, 5.41) is 4.30. The minimum Gasteiger partial charge on any atom is -0.324 e. The van der Waals surface area contributed by atoms with Gasteiger partial charge >= 0.3 is 0 Å². The van der Waals surface area contributed by atoms with Gasteiger partial charge in [0.05, 0.1) is 0 Å². The van der Waals surface area contributed by atoms with E-state index in [2.05, 4.69) is 16.2 Å². The molecule has 6 heteroatoms. The lowest BCUT2D eigenvalue weighted by Crippen LogP contribution is -2.39.